The van der Waals surface area contributed by atoms with Gasteiger partial charge in [0.1, 0.15) is 0 Å². The molecule has 0 aliphatic rings. The molecule has 1 aromatic carbocycles. The van der Waals surface area contributed by atoms with E-state index in [4.69, 9.17) is 11.6 Å². The lowest BCUT2D eigenvalue weighted by molar-refractivity contribution is 1.07. The topological polar surface area (TPSA) is 0 Å². The molecule has 2 heteroatoms. The van der Waals surface area contributed by atoms with E-state index < -0.39 is 0 Å². The van der Waals surface area contributed by atoms with E-state index in [1.807, 2.05) is 11.3 Å². The van der Waals surface area contributed by atoms with Gasteiger partial charge in [-0.2, -0.15) is 0 Å². The Bertz CT molecular complexity index is 558. The predicted molar refractivity (Wildman–Crippen MR) is 82.1 cm³/mol. The molecule has 0 spiro atoms. The minimum absolute atomic E-state index is 0.0319. The molecule has 1 unspecified atom stereocenters. The summed E-state index contributed by atoms with van der Waals surface area (Å²) in [6.45, 7) is 10.7. The first-order valence-corrected chi connectivity index (χ1v) is 7.44. The van der Waals surface area contributed by atoms with Crippen molar-refractivity contribution < 1.29 is 0 Å². The van der Waals surface area contributed by atoms with Gasteiger partial charge in [0.25, 0.3) is 0 Å². The summed E-state index contributed by atoms with van der Waals surface area (Å²) in [5.41, 5.74) is 6.40. The van der Waals surface area contributed by atoms with Gasteiger partial charge in [0.2, 0.25) is 0 Å². The number of hydrogen-bond acceptors (Lipinski definition) is 1. The standard InChI is InChI=1S/C16H19ClS/c1-9-6-10(2)15(11(3)7-9)16(17)14-8-12(4)18-13(14)5/h6-8,16H,1-5H3. The summed E-state index contributed by atoms with van der Waals surface area (Å²) in [5, 5.41) is -0.0319. The number of aryl methyl sites for hydroxylation is 5. The molecule has 0 aliphatic carbocycles. The van der Waals surface area contributed by atoms with E-state index in [-0.39, 0.29) is 5.38 Å². The largest absolute Gasteiger partial charge is 0.146 e. The van der Waals surface area contributed by atoms with E-state index in [1.54, 1.807) is 0 Å². The molecule has 0 saturated heterocycles. The lowest BCUT2D eigenvalue weighted by atomic mass is 9.94. The smallest absolute Gasteiger partial charge is 0.0851 e. The molecular weight excluding hydrogens is 260 g/mol. The average molecular weight is 279 g/mol. The van der Waals surface area contributed by atoms with Gasteiger partial charge in [-0.15, -0.1) is 22.9 Å². The molecule has 1 atom stereocenters. The second-order valence-corrected chi connectivity index (χ2v) is 6.94. The maximum atomic E-state index is 6.72. The van der Waals surface area contributed by atoms with Crippen LogP contribution in [0.15, 0.2) is 18.2 Å². The van der Waals surface area contributed by atoms with E-state index >= 15 is 0 Å². The Balaban J connectivity index is 2.52. The van der Waals surface area contributed by atoms with Crippen LogP contribution in [0.4, 0.5) is 0 Å². The fraction of sp³-hybridized carbons (Fsp3) is 0.375. The zero-order valence-corrected chi connectivity index (χ0v) is 13.2. The van der Waals surface area contributed by atoms with Gasteiger partial charge in [-0.1, -0.05) is 17.7 Å². The fourth-order valence-electron chi connectivity index (χ4n) is 2.65. The fourth-order valence-corrected chi connectivity index (χ4v) is 4.25. The molecule has 0 fully saturated rings. The van der Waals surface area contributed by atoms with Crippen molar-refractivity contribution >= 4 is 22.9 Å². The predicted octanol–water partition coefficient (Wildman–Crippen LogP) is 5.62. The van der Waals surface area contributed by atoms with Gasteiger partial charge in [-0.05, 0) is 62.9 Å². The van der Waals surface area contributed by atoms with Gasteiger partial charge in [-0.3, -0.25) is 0 Å². The summed E-state index contributed by atoms with van der Waals surface area (Å²) in [5.74, 6) is 0. The summed E-state index contributed by atoms with van der Waals surface area (Å²) in [6, 6.07) is 6.65. The SMILES string of the molecule is Cc1cc(C)c(C(Cl)c2cc(C)sc2C)c(C)c1. The minimum atomic E-state index is -0.0319. The maximum Gasteiger partial charge on any atom is 0.0851 e. The molecule has 0 radical (unpaired) electrons. The van der Waals surface area contributed by atoms with Crippen LogP contribution in [0.25, 0.3) is 0 Å². The van der Waals surface area contributed by atoms with Crippen molar-refractivity contribution in [3.05, 3.63) is 55.8 Å². The number of benzene rings is 1. The van der Waals surface area contributed by atoms with Gasteiger partial charge in [0.05, 0.1) is 5.38 Å². The Morgan fingerprint density at radius 2 is 1.50 bits per heavy atom. The molecule has 2 aromatic rings. The zero-order chi connectivity index (χ0) is 13.4. The van der Waals surface area contributed by atoms with Crippen LogP contribution in [0.1, 0.15) is 42.9 Å². The highest BCUT2D eigenvalue weighted by Crippen LogP contribution is 2.38. The average Bonchev–Trinajstić information content (AvgIpc) is 2.56. The molecule has 1 aromatic heterocycles. The number of alkyl halides is 1. The first kappa shape index (κ1) is 13.6. The normalized spacial score (nSPS) is 12.8. The van der Waals surface area contributed by atoms with Gasteiger partial charge in [-0.25, -0.2) is 0 Å². The van der Waals surface area contributed by atoms with Crippen molar-refractivity contribution in [1.82, 2.24) is 0 Å². The molecule has 0 aliphatic heterocycles. The third-order valence-electron chi connectivity index (χ3n) is 3.34. The second kappa shape index (κ2) is 5.07. The van der Waals surface area contributed by atoms with Gasteiger partial charge < -0.3 is 0 Å². The van der Waals surface area contributed by atoms with Crippen molar-refractivity contribution in [2.24, 2.45) is 0 Å². The van der Waals surface area contributed by atoms with Crippen molar-refractivity contribution in [1.29, 1.82) is 0 Å². The van der Waals surface area contributed by atoms with E-state index in [0.29, 0.717) is 0 Å². The van der Waals surface area contributed by atoms with Crippen molar-refractivity contribution in [2.75, 3.05) is 0 Å². The van der Waals surface area contributed by atoms with Gasteiger partial charge in [0.15, 0.2) is 0 Å². The molecule has 0 saturated carbocycles. The summed E-state index contributed by atoms with van der Waals surface area (Å²) in [6.07, 6.45) is 0. The molecule has 96 valence electrons. The van der Waals surface area contributed by atoms with Crippen LogP contribution in [0.5, 0.6) is 0 Å². The Hall–Kier alpha value is -0.790. The third-order valence-corrected chi connectivity index (χ3v) is 4.78. The summed E-state index contributed by atoms with van der Waals surface area (Å²) < 4.78 is 0. The number of rotatable bonds is 2. The lowest BCUT2D eigenvalue weighted by Gasteiger charge is -2.17. The molecule has 18 heavy (non-hydrogen) atoms. The third kappa shape index (κ3) is 2.48. The van der Waals surface area contributed by atoms with E-state index in [2.05, 4.69) is 52.8 Å². The molecule has 0 nitrogen and oxygen atoms in total. The van der Waals surface area contributed by atoms with Crippen molar-refractivity contribution in [3.63, 3.8) is 0 Å². The highest BCUT2D eigenvalue weighted by Gasteiger charge is 2.19. The highest BCUT2D eigenvalue weighted by molar-refractivity contribution is 7.12. The van der Waals surface area contributed by atoms with Gasteiger partial charge >= 0.3 is 0 Å². The number of halogens is 1. The molecular formula is C16H19ClS. The van der Waals surface area contributed by atoms with Crippen LogP contribution in [0, 0.1) is 34.6 Å². The number of hydrogen-bond donors (Lipinski definition) is 0. The van der Waals surface area contributed by atoms with Crippen LogP contribution in [0.3, 0.4) is 0 Å². The van der Waals surface area contributed by atoms with Crippen LogP contribution < -0.4 is 0 Å². The van der Waals surface area contributed by atoms with Crippen LogP contribution in [-0.4, -0.2) is 0 Å². The Labute approximate surface area is 119 Å². The van der Waals surface area contributed by atoms with E-state index in [9.17, 15) is 0 Å². The highest BCUT2D eigenvalue weighted by atomic mass is 35.5. The van der Waals surface area contributed by atoms with Crippen LogP contribution >= 0.6 is 22.9 Å². The Morgan fingerprint density at radius 3 is 1.94 bits per heavy atom. The van der Waals surface area contributed by atoms with E-state index in [1.165, 1.54) is 37.6 Å². The second-order valence-electron chi connectivity index (χ2n) is 5.04. The summed E-state index contributed by atoms with van der Waals surface area (Å²) >= 11 is 8.54. The zero-order valence-electron chi connectivity index (χ0n) is 11.6. The van der Waals surface area contributed by atoms with Crippen LogP contribution in [0.2, 0.25) is 0 Å². The summed E-state index contributed by atoms with van der Waals surface area (Å²) in [7, 11) is 0. The Morgan fingerprint density at radius 1 is 0.944 bits per heavy atom. The quantitative estimate of drug-likeness (QED) is 0.626. The molecule has 0 bridgehead atoms. The molecule has 2 rings (SSSR count). The maximum absolute atomic E-state index is 6.72. The van der Waals surface area contributed by atoms with Crippen molar-refractivity contribution in [3.8, 4) is 0 Å². The monoisotopic (exact) mass is 278 g/mol. The van der Waals surface area contributed by atoms with Crippen molar-refractivity contribution in [2.45, 2.75) is 40.0 Å². The van der Waals surface area contributed by atoms with Crippen LogP contribution in [-0.2, 0) is 0 Å². The number of thiophene rings is 1. The minimum Gasteiger partial charge on any atom is -0.146 e. The van der Waals surface area contributed by atoms with Gasteiger partial charge in [0, 0.05) is 9.75 Å². The first-order valence-electron chi connectivity index (χ1n) is 6.19. The lowest BCUT2D eigenvalue weighted by Crippen LogP contribution is -2.00. The molecule has 0 N–H and O–H groups in total. The molecule has 0 amide bonds. The van der Waals surface area contributed by atoms with E-state index in [0.717, 1.165) is 0 Å². The molecule has 1 heterocycles. The Kier molecular flexibility index (Phi) is 3.84. The first-order chi connectivity index (χ1) is 8.40. The summed E-state index contributed by atoms with van der Waals surface area (Å²) in [4.78, 5) is 2.66.